The van der Waals surface area contributed by atoms with Crippen LogP contribution in [0.15, 0.2) is 48.7 Å². The molecule has 2 heterocycles. The molecular weight excluding hydrogens is 425 g/mol. The summed E-state index contributed by atoms with van der Waals surface area (Å²) in [7, 11) is 0. The fourth-order valence-corrected chi connectivity index (χ4v) is 3.72. The van der Waals surface area contributed by atoms with Crippen LogP contribution in [0, 0.1) is 19.7 Å². The summed E-state index contributed by atoms with van der Waals surface area (Å²) >= 11 is 0. The lowest BCUT2D eigenvalue weighted by molar-refractivity contribution is 0.0518. The van der Waals surface area contributed by atoms with E-state index >= 15 is 0 Å². The van der Waals surface area contributed by atoms with Crippen LogP contribution < -0.4 is 0 Å². The lowest BCUT2D eigenvalue weighted by Gasteiger charge is -2.28. The number of esters is 1. The highest BCUT2D eigenvalue weighted by atomic mass is 19.1. The van der Waals surface area contributed by atoms with E-state index in [0.717, 1.165) is 6.07 Å². The first kappa shape index (κ1) is 23.8. The number of carbonyl (C=O) groups is 3. The summed E-state index contributed by atoms with van der Waals surface area (Å²) in [6.07, 6.45) is 1.60. The summed E-state index contributed by atoms with van der Waals surface area (Å²) in [5.41, 5.74) is 2.19. The highest BCUT2D eigenvalue weighted by Gasteiger charge is 2.32. The molecule has 0 saturated heterocycles. The van der Waals surface area contributed by atoms with Gasteiger partial charge in [0.25, 0.3) is 5.91 Å². The first-order valence-electron chi connectivity index (χ1n) is 10.6. The standard InChI is InChI=1S/C25H26FN3O4/c1-5-33-25(32)22-15(2)21(16(3)28-22)23(30)17(4)29(14-20-11-6-7-12-27-20)24(31)18-9-8-10-19(26)13-18/h6-13,17,28H,5,14H2,1-4H3/t17-/m1/s1. The summed E-state index contributed by atoms with van der Waals surface area (Å²) in [5.74, 6) is -1.95. The summed E-state index contributed by atoms with van der Waals surface area (Å²) in [4.78, 5) is 47.7. The Kier molecular flexibility index (Phi) is 7.37. The molecule has 0 aliphatic carbocycles. The third-order valence-electron chi connectivity index (χ3n) is 5.40. The Morgan fingerprint density at radius 1 is 1.15 bits per heavy atom. The highest BCUT2D eigenvalue weighted by molar-refractivity contribution is 6.07. The van der Waals surface area contributed by atoms with E-state index < -0.39 is 23.7 Å². The van der Waals surface area contributed by atoms with Gasteiger partial charge in [0, 0.05) is 23.0 Å². The molecule has 0 spiro atoms. The number of benzene rings is 1. The van der Waals surface area contributed by atoms with Crippen LogP contribution in [0.25, 0.3) is 0 Å². The zero-order valence-corrected chi connectivity index (χ0v) is 19.0. The van der Waals surface area contributed by atoms with E-state index in [2.05, 4.69) is 9.97 Å². The van der Waals surface area contributed by atoms with Crippen LogP contribution in [-0.2, 0) is 11.3 Å². The molecule has 8 heteroatoms. The van der Waals surface area contributed by atoms with Gasteiger partial charge in [0.1, 0.15) is 11.5 Å². The van der Waals surface area contributed by atoms with E-state index in [1.165, 1.54) is 23.1 Å². The Bertz CT molecular complexity index is 1170. The number of amides is 1. The number of nitrogens with zero attached hydrogens (tertiary/aromatic N) is 2. The Labute approximate surface area is 191 Å². The molecule has 0 fully saturated rings. The first-order valence-corrected chi connectivity index (χ1v) is 10.6. The number of Topliss-reactive ketones (excluding diaryl/α,β-unsaturated/α-hetero) is 1. The maximum atomic E-state index is 13.8. The fraction of sp³-hybridized carbons (Fsp3) is 0.280. The molecule has 0 bridgehead atoms. The monoisotopic (exact) mass is 451 g/mol. The molecule has 0 saturated carbocycles. The van der Waals surface area contributed by atoms with Crippen molar-refractivity contribution in [2.75, 3.05) is 6.61 Å². The predicted octanol–water partition coefficient (Wildman–Crippen LogP) is 4.26. The second-order valence-corrected chi connectivity index (χ2v) is 7.65. The lowest BCUT2D eigenvalue weighted by atomic mass is 9.99. The average Bonchev–Trinajstić information content (AvgIpc) is 3.10. The van der Waals surface area contributed by atoms with E-state index in [-0.39, 0.29) is 30.2 Å². The minimum absolute atomic E-state index is 0.0519. The Morgan fingerprint density at radius 3 is 2.55 bits per heavy atom. The largest absolute Gasteiger partial charge is 0.461 e. The minimum atomic E-state index is -0.911. The number of nitrogens with one attached hydrogen (secondary N) is 1. The van der Waals surface area contributed by atoms with Crippen molar-refractivity contribution in [2.24, 2.45) is 0 Å². The Balaban J connectivity index is 1.99. The molecule has 0 aliphatic heterocycles. The van der Waals surface area contributed by atoms with Crippen molar-refractivity contribution in [1.82, 2.24) is 14.9 Å². The van der Waals surface area contributed by atoms with Crippen molar-refractivity contribution in [3.63, 3.8) is 0 Å². The molecule has 0 unspecified atom stereocenters. The van der Waals surface area contributed by atoms with E-state index in [1.54, 1.807) is 52.1 Å². The van der Waals surface area contributed by atoms with Crippen LogP contribution in [0.5, 0.6) is 0 Å². The van der Waals surface area contributed by atoms with Crippen LogP contribution >= 0.6 is 0 Å². The average molecular weight is 451 g/mol. The van der Waals surface area contributed by atoms with Gasteiger partial charge in [0.05, 0.1) is 24.9 Å². The zero-order valence-electron chi connectivity index (χ0n) is 19.0. The van der Waals surface area contributed by atoms with Gasteiger partial charge in [-0.05, 0) is 63.6 Å². The summed E-state index contributed by atoms with van der Waals surface area (Å²) in [6.45, 7) is 6.91. The third kappa shape index (κ3) is 5.16. The zero-order chi connectivity index (χ0) is 24.1. The van der Waals surface area contributed by atoms with E-state index in [4.69, 9.17) is 4.74 Å². The van der Waals surface area contributed by atoms with Crippen molar-refractivity contribution < 1.29 is 23.5 Å². The molecule has 1 amide bonds. The molecule has 0 radical (unpaired) electrons. The second-order valence-electron chi connectivity index (χ2n) is 7.65. The number of aromatic amines is 1. The normalized spacial score (nSPS) is 11.7. The van der Waals surface area contributed by atoms with Gasteiger partial charge in [0.15, 0.2) is 5.78 Å². The van der Waals surface area contributed by atoms with Crippen molar-refractivity contribution in [1.29, 1.82) is 0 Å². The number of rotatable bonds is 8. The Morgan fingerprint density at radius 2 is 1.91 bits per heavy atom. The molecule has 172 valence electrons. The number of hydrogen-bond donors (Lipinski definition) is 1. The van der Waals surface area contributed by atoms with Gasteiger partial charge in [-0.15, -0.1) is 0 Å². The van der Waals surface area contributed by atoms with Crippen LogP contribution in [0.3, 0.4) is 0 Å². The number of ether oxygens (including phenoxy) is 1. The van der Waals surface area contributed by atoms with Crippen LogP contribution in [0.2, 0.25) is 0 Å². The lowest BCUT2D eigenvalue weighted by Crippen LogP contribution is -2.43. The number of aromatic nitrogens is 2. The molecular formula is C25H26FN3O4. The molecule has 7 nitrogen and oxygen atoms in total. The molecule has 1 N–H and O–H groups in total. The quantitative estimate of drug-likeness (QED) is 0.408. The molecule has 2 aromatic heterocycles. The predicted molar refractivity (Wildman–Crippen MR) is 121 cm³/mol. The van der Waals surface area contributed by atoms with Gasteiger partial charge >= 0.3 is 5.97 Å². The van der Waals surface area contributed by atoms with Crippen molar-refractivity contribution in [3.05, 3.63) is 88.3 Å². The van der Waals surface area contributed by atoms with Crippen molar-refractivity contribution in [2.45, 2.75) is 40.3 Å². The smallest absolute Gasteiger partial charge is 0.355 e. The van der Waals surface area contributed by atoms with E-state index in [1.807, 2.05) is 0 Å². The van der Waals surface area contributed by atoms with Gasteiger partial charge < -0.3 is 14.6 Å². The Hall–Kier alpha value is -3.81. The van der Waals surface area contributed by atoms with Crippen LogP contribution in [0.1, 0.15) is 62.0 Å². The summed E-state index contributed by atoms with van der Waals surface area (Å²) in [5, 5.41) is 0. The van der Waals surface area contributed by atoms with Crippen LogP contribution in [0.4, 0.5) is 4.39 Å². The van der Waals surface area contributed by atoms with Gasteiger partial charge in [-0.2, -0.15) is 0 Å². The van der Waals surface area contributed by atoms with Crippen molar-refractivity contribution >= 4 is 17.7 Å². The highest BCUT2D eigenvalue weighted by Crippen LogP contribution is 2.24. The number of H-pyrrole nitrogens is 1. The SMILES string of the molecule is CCOC(=O)c1[nH]c(C)c(C(=O)[C@@H](C)N(Cc2ccccn2)C(=O)c2cccc(F)c2)c1C. The number of hydrogen-bond acceptors (Lipinski definition) is 5. The van der Waals surface area contributed by atoms with Gasteiger partial charge in [-0.25, -0.2) is 9.18 Å². The molecule has 1 aromatic carbocycles. The number of pyridine rings is 1. The van der Waals surface area contributed by atoms with Gasteiger partial charge in [0.2, 0.25) is 0 Å². The first-order chi connectivity index (χ1) is 15.7. The van der Waals surface area contributed by atoms with Crippen molar-refractivity contribution in [3.8, 4) is 0 Å². The maximum absolute atomic E-state index is 13.8. The van der Waals surface area contributed by atoms with E-state index in [9.17, 15) is 18.8 Å². The number of ketones is 1. The van der Waals surface area contributed by atoms with Gasteiger partial charge in [-0.3, -0.25) is 14.6 Å². The summed E-state index contributed by atoms with van der Waals surface area (Å²) in [6, 6.07) is 9.70. The minimum Gasteiger partial charge on any atom is -0.461 e. The topological polar surface area (TPSA) is 92.4 Å². The van der Waals surface area contributed by atoms with Gasteiger partial charge in [-0.1, -0.05) is 12.1 Å². The third-order valence-corrected chi connectivity index (χ3v) is 5.40. The van der Waals surface area contributed by atoms with Crippen LogP contribution in [-0.4, -0.2) is 45.2 Å². The second kappa shape index (κ2) is 10.2. The fourth-order valence-electron chi connectivity index (χ4n) is 3.72. The summed E-state index contributed by atoms with van der Waals surface area (Å²) < 4.78 is 18.9. The van der Waals surface area contributed by atoms with E-state index in [0.29, 0.717) is 22.5 Å². The molecule has 33 heavy (non-hydrogen) atoms. The molecule has 3 rings (SSSR count). The molecule has 3 aromatic rings. The number of halogens is 1. The maximum Gasteiger partial charge on any atom is 0.355 e. The number of carbonyl (C=O) groups excluding carboxylic acids is 3. The number of aryl methyl sites for hydroxylation is 1. The molecule has 1 atom stereocenters. The molecule has 0 aliphatic rings.